The van der Waals surface area contributed by atoms with Crippen molar-refractivity contribution in [3.8, 4) is 5.75 Å². The number of pyridine rings is 1. The minimum Gasteiger partial charge on any atom is -0.506 e. The van der Waals surface area contributed by atoms with Gasteiger partial charge < -0.3 is 10.8 Å². The molecule has 0 bridgehead atoms. The maximum absolute atomic E-state index is 12.1. The molecule has 1 heterocycles. The summed E-state index contributed by atoms with van der Waals surface area (Å²) >= 11 is 5.35. The molecule has 0 amide bonds. The fourth-order valence-corrected chi connectivity index (χ4v) is 0.886. The van der Waals surface area contributed by atoms with Crippen LogP contribution in [0.1, 0.15) is 12.0 Å². The van der Waals surface area contributed by atoms with Gasteiger partial charge in [-0.3, -0.25) is 0 Å². The summed E-state index contributed by atoms with van der Waals surface area (Å²) in [5.41, 5.74) is 4.10. The van der Waals surface area contributed by atoms with E-state index in [1.165, 1.54) is 0 Å². The second-order valence-corrected chi connectivity index (χ2v) is 2.42. The van der Waals surface area contributed by atoms with Crippen molar-refractivity contribution in [2.45, 2.75) is 6.43 Å². The molecule has 0 fully saturated rings. The van der Waals surface area contributed by atoms with Crippen LogP contribution in [0.15, 0.2) is 6.20 Å². The topological polar surface area (TPSA) is 59.1 Å². The summed E-state index contributed by atoms with van der Waals surface area (Å²) in [6.07, 6.45) is -2.02. The van der Waals surface area contributed by atoms with Crippen LogP contribution in [0.3, 0.4) is 0 Å². The lowest BCUT2D eigenvalue weighted by Crippen LogP contribution is -1.97. The first-order chi connectivity index (χ1) is 5.54. The highest BCUT2D eigenvalue weighted by Gasteiger charge is 2.19. The van der Waals surface area contributed by atoms with Crippen molar-refractivity contribution in [2.75, 3.05) is 5.73 Å². The van der Waals surface area contributed by atoms with Crippen LogP contribution < -0.4 is 5.73 Å². The second kappa shape index (κ2) is 3.10. The molecule has 1 aromatic rings. The molecule has 0 atom stereocenters. The molecule has 0 aliphatic carbocycles. The van der Waals surface area contributed by atoms with E-state index in [4.69, 9.17) is 22.4 Å². The lowest BCUT2D eigenvalue weighted by Gasteiger charge is -2.06. The summed E-state index contributed by atoms with van der Waals surface area (Å²) < 4.78 is 24.3. The van der Waals surface area contributed by atoms with Crippen LogP contribution in [0.5, 0.6) is 5.75 Å². The Bertz CT molecular complexity index is 306. The van der Waals surface area contributed by atoms with Crippen LogP contribution >= 0.6 is 11.6 Å². The molecule has 0 saturated heterocycles. The van der Waals surface area contributed by atoms with E-state index in [-0.39, 0.29) is 10.8 Å². The van der Waals surface area contributed by atoms with E-state index in [2.05, 4.69) is 4.98 Å². The van der Waals surface area contributed by atoms with Crippen molar-refractivity contribution < 1.29 is 13.9 Å². The first-order valence-corrected chi connectivity index (χ1v) is 3.32. The highest BCUT2D eigenvalue weighted by Crippen LogP contribution is 2.35. The van der Waals surface area contributed by atoms with Gasteiger partial charge in [0, 0.05) is 0 Å². The zero-order chi connectivity index (χ0) is 9.30. The molecule has 0 radical (unpaired) electrons. The van der Waals surface area contributed by atoms with Crippen molar-refractivity contribution >= 4 is 17.3 Å². The number of aromatic nitrogens is 1. The summed E-state index contributed by atoms with van der Waals surface area (Å²) in [5, 5.41) is 8.67. The Morgan fingerprint density at radius 3 is 2.58 bits per heavy atom. The van der Waals surface area contributed by atoms with Crippen molar-refractivity contribution in [3.63, 3.8) is 0 Å². The number of anilines is 1. The molecule has 0 saturated carbocycles. The molecule has 3 nitrogen and oxygen atoms in total. The monoisotopic (exact) mass is 194 g/mol. The van der Waals surface area contributed by atoms with Crippen molar-refractivity contribution in [3.05, 3.63) is 16.9 Å². The van der Waals surface area contributed by atoms with Gasteiger partial charge in [-0.05, 0) is 0 Å². The average Bonchev–Trinajstić information content (AvgIpc) is 1.97. The zero-order valence-corrected chi connectivity index (χ0v) is 6.52. The number of nitrogens with zero attached hydrogens (tertiary/aromatic N) is 1. The minimum atomic E-state index is -2.86. The Morgan fingerprint density at radius 1 is 1.58 bits per heavy atom. The Balaban J connectivity index is 3.33. The summed E-state index contributed by atoms with van der Waals surface area (Å²) in [5.74, 6) is -0.646. The molecule has 0 unspecified atom stereocenters. The van der Waals surface area contributed by atoms with E-state index >= 15 is 0 Å². The zero-order valence-electron chi connectivity index (χ0n) is 5.76. The van der Waals surface area contributed by atoms with Gasteiger partial charge in [-0.25, -0.2) is 13.8 Å². The standard InChI is InChI=1S/C6H5ClF2N2O/c7-5-4(10)3(6(8)9)2(12)1-11-5/h1,6,12H,10H2. The molecular weight excluding hydrogens is 190 g/mol. The maximum Gasteiger partial charge on any atom is 0.269 e. The number of hydrogen-bond acceptors (Lipinski definition) is 3. The van der Waals surface area contributed by atoms with Gasteiger partial charge in [0.05, 0.1) is 17.4 Å². The third kappa shape index (κ3) is 1.40. The quantitative estimate of drug-likeness (QED) is 0.672. The SMILES string of the molecule is Nc1c(Cl)ncc(O)c1C(F)F. The highest BCUT2D eigenvalue weighted by molar-refractivity contribution is 6.32. The molecule has 0 aromatic carbocycles. The summed E-state index contributed by atoms with van der Waals surface area (Å²) in [6.45, 7) is 0. The largest absolute Gasteiger partial charge is 0.506 e. The third-order valence-corrected chi connectivity index (χ3v) is 1.61. The smallest absolute Gasteiger partial charge is 0.269 e. The predicted molar refractivity (Wildman–Crippen MR) is 40.3 cm³/mol. The van der Waals surface area contributed by atoms with Gasteiger partial charge in [-0.2, -0.15) is 0 Å². The summed E-state index contributed by atoms with van der Waals surface area (Å²) in [6, 6.07) is 0. The van der Waals surface area contributed by atoms with Crippen LogP contribution in [0, 0.1) is 0 Å². The molecule has 0 aliphatic rings. The predicted octanol–water partition coefficient (Wildman–Crippen LogP) is 1.96. The van der Waals surface area contributed by atoms with Crippen LogP contribution in [0.2, 0.25) is 5.15 Å². The molecule has 6 heteroatoms. The first kappa shape index (κ1) is 8.99. The van der Waals surface area contributed by atoms with Gasteiger partial charge in [0.2, 0.25) is 0 Å². The Labute approximate surface area is 71.8 Å². The van der Waals surface area contributed by atoms with Gasteiger partial charge in [-0.15, -0.1) is 0 Å². The van der Waals surface area contributed by atoms with Gasteiger partial charge in [0.15, 0.2) is 5.15 Å². The Hall–Kier alpha value is -1.10. The molecule has 12 heavy (non-hydrogen) atoms. The van der Waals surface area contributed by atoms with Crippen LogP contribution in [0.25, 0.3) is 0 Å². The van der Waals surface area contributed by atoms with Crippen LogP contribution in [-0.4, -0.2) is 10.1 Å². The maximum atomic E-state index is 12.1. The number of hydrogen-bond donors (Lipinski definition) is 2. The van der Waals surface area contributed by atoms with E-state index in [1.807, 2.05) is 0 Å². The molecule has 0 spiro atoms. The first-order valence-electron chi connectivity index (χ1n) is 2.95. The number of halogens is 3. The number of nitrogens with two attached hydrogens (primary N) is 1. The van der Waals surface area contributed by atoms with Crippen molar-refractivity contribution in [2.24, 2.45) is 0 Å². The lowest BCUT2D eigenvalue weighted by molar-refractivity contribution is 0.148. The highest BCUT2D eigenvalue weighted by atomic mass is 35.5. The average molecular weight is 195 g/mol. The molecule has 1 aromatic heterocycles. The normalized spacial score (nSPS) is 10.7. The van der Waals surface area contributed by atoms with E-state index < -0.39 is 17.7 Å². The van der Waals surface area contributed by atoms with Crippen molar-refractivity contribution in [1.29, 1.82) is 0 Å². The lowest BCUT2D eigenvalue weighted by atomic mass is 10.2. The molecule has 1 rings (SSSR count). The van der Waals surface area contributed by atoms with Crippen molar-refractivity contribution in [1.82, 2.24) is 4.98 Å². The van der Waals surface area contributed by atoms with Gasteiger partial charge in [0.25, 0.3) is 6.43 Å². The van der Waals surface area contributed by atoms with Gasteiger partial charge in [0.1, 0.15) is 5.75 Å². The molecule has 3 N–H and O–H groups in total. The van der Waals surface area contributed by atoms with E-state index in [0.29, 0.717) is 0 Å². The fourth-order valence-electron chi connectivity index (χ4n) is 0.735. The third-order valence-electron chi connectivity index (χ3n) is 1.31. The molecular formula is C6H5ClF2N2O. The number of alkyl halides is 2. The Morgan fingerprint density at radius 2 is 2.17 bits per heavy atom. The Kier molecular flexibility index (Phi) is 2.32. The number of aromatic hydroxyl groups is 1. The molecule has 66 valence electrons. The van der Waals surface area contributed by atoms with E-state index in [0.717, 1.165) is 6.20 Å². The fraction of sp³-hybridized carbons (Fsp3) is 0.167. The summed E-state index contributed by atoms with van der Waals surface area (Å²) in [7, 11) is 0. The minimum absolute atomic E-state index is 0.233. The van der Waals surface area contributed by atoms with E-state index in [1.54, 1.807) is 0 Å². The summed E-state index contributed by atoms with van der Waals surface area (Å²) in [4.78, 5) is 3.38. The molecule has 0 aliphatic heterocycles. The number of nitrogen functional groups attached to an aromatic ring is 1. The van der Waals surface area contributed by atoms with Gasteiger partial charge >= 0.3 is 0 Å². The number of rotatable bonds is 1. The van der Waals surface area contributed by atoms with Crippen LogP contribution in [-0.2, 0) is 0 Å². The van der Waals surface area contributed by atoms with Crippen LogP contribution in [0.4, 0.5) is 14.5 Å². The van der Waals surface area contributed by atoms with Gasteiger partial charge in [-0.1, -0.05) is 11.6 Å². The second-order valence-electron chi connectivity index (χ2n) is 2.06. The van der Waals surface area contributed by atoms with E-state index in [9.17, 15) is 8.78 Å².